The molecule has 3 N–H and O–H groups in total. The van der Waals surface area contributed by atoms with Gasteiger partial charge in [-0.05, 0) is 33.6 Å². The molecule has 1 aromatic carbocycles. The van der Waals surface area contributed by atoms with Gasteiger partial charge in [-0.1, -0.05) is 6.07 Å². The van der Waals surface area contributed by atoms with Gasteiger partial charge in [-0.25, -0.2) is 0 Å². The van der Waals surface area contributed by atoms with Gasteiger partial charge < -0.3 is 10.8 Å². The van der Waals surface area contributed by atoms with E-state index in [-0.39, 0.29) is 15.8 Å². The number of benzene rings is 1. The summed E-state index contributed by atoms with van der Waals surface area (Å²) < 4.78 is 37.7. The summed E-state index contributed by atoms with van der Waals surface area (Å²) in [6, 6.07) is 3.64. The van der Waals surface area contributed by atoms with Gasteiger partial charge in [-0.15, -0.1) is 0 Å². The molecule has 15 heavy (non-hydrogen) atoms. The highest BCUT2D eigenvalue weighted by atomic mass is 79.9. The quantitative estimate of drug-likeness (QED) is 0.877. The van der Waals surface area contributed by atoms with Gasteiger partial charge in [-0.3, -0.25) is 0 Å². The van der Waals surface area contributed by atoms with E-state index in [4.69, 9.17) is 10.8 Å². The van der Waals surface area contributed by atoms with Crippen molar-refractivity contribution in [3.63, 3.8) is 0 Å². The summed E-state index contributed by atoms with van der Waals surface area (Å²) in [5.41, 5.74) is 5.12. The first-order chi connectivity index (χ1) is 6.86. The molecule has 0 aliphatic rings. The monoisotopic (exact) mass is 283 g/mol. The lowest BCUT2D eigenvalue weighted by molar-refractivity contribution is -0.148. The molecule has 0 bridgehead atoms. The number of phenolic OH excluding ortho intramolecular Hbond substituents is 1. The van der Waals surface area contributed by atoms with Gasteiger partial charge in [0, 0.05) is 6.54 Å². The van der Waals surface area contributed by atoms with Crippen LogP contribution in [-0.2, 0) is 0 Å². The van der Waals surface area contributed by atoms with E-state index < -0.39 is 18.6 Å². The first kappa shape index (κ1) is 12.3. The number of hydrogen-bond acceptors (Lipinski definition) is 2. The average Bonchev–Trinajstić information content (AvgIpc) is 2.10. The van der Waals surface area contributed by atoms with Crippen LogP contribution in [0.3, 0.4) is 0 Å². The molecule has 2 nitrogen and oxygen atoms in total. The SMILES string of the molecule is NCC(c1ccc(O)c(Br)c1)C(F)(F)F. The summed E-state index contributed by atoms with van der Waals surface area (Å²) in [5, 5.41) is 9.14. The molecule has 0 aromatic heterocycles. The smallest absolute Gasteiger partial charge is 0.396 e. The number of nitrogens with two attached hydrogens (primary N) is 1. The fraction of sp³-hybridized carbons (Fsp3) is 0.333. The fourth-order valence-corrected chi connectivity index (χ4v) is 1.60. The van der Waals surface area contributed by atoms with Gasteiger partial charge >= 0.3 is 6.18 Å². The molecule has 0 spiro atoms. The predicted molar refractivity (Wildman–Crippen MR) is 53.7 cm³/mol. The Bertz CT molecular complexity index is 354. The third-order valence-corrected chi connectivity index (χ3v) is 2.64. The summed E-state index contributed by atoms with van der Waals surface area (Å²) in [6.07, 6.45) is -4.37. The number of rotatable bonds is 2. The number of aromatic hydroxyl groups is 1. The van der Waals surface area contributed by atoms with E-state index in [2.05, 4.69) is 15.9 Å². The van der Waals surface area contributed by atoms with Crippen molar-refractivity contribution >= 4 is 15.9 Å². The maximum atomic E-state index is 12.5. The molecule has 6 heteroatoms. The molecule has 0 heterocycles. The second-order valence-corrected chi connectivity index (χ2v) is 3.90. The van der Waals surface area contributed by atoms with E-state index in [9.17, 15) is 13.2 Å². The average molecular weight is 284 g/mol. The van der Waals surface area contributed by atoms with Crippen LogP contribution in [-0.4, -0.2) is 17.8 Å². The van der Waals surface area contributed by atoms with Crippen LogP contribution >= 0.6 is 15.9 Å². The second-order valence-electron chi connectivity index (χ2n) is 3.04. The molecule has 0 amide bonds. The first-order valence-corrected chi connectivity index (χ1v) is 4.90. The Morgan fingerprint density at radius 1 is 1.40 bits per heavy atom. The van der Waals surface area contributed by atoms with E-state index >= 15 is 0 Å². The molecule has 0 saturated carbocycles. The third kappa shape index (κ3) is 2.85. The summed E-state index contributed by atoms with van der Waals surface area (Å²) in [4.78, 5) is 0. The molecular weight excluding hydrogens is 275 g/mol. The van der Waals surface area contributed by atoms with Crippen molar-refractivity contribution in [1.29, 1.82) is 0 Å². The van der Waals surface area contributed by atoms with Crippen LogP contribution in [0, 0.1) is 0 Å². The summed E-state index contributed by atoms with van der Waals surface area (Å²) in [6.45, 7) is -0.513. The van der Waals surface area contributed by atoms with Gasteiger partial charge in [0.1, 0.15) is 5.75 Å². The number of alkyl halides is 3. The normalized spacial score (nSPS) is 13.9. The highest BCUT2D eigenvalue weighted by Crippen LogP contribution is 2.36. The minimum Gasteiger partial charge on any atom is -0.507 e. The molecule has 1 aromatic rings. The zero-order valence-corrected chi connectivity index (χ0v) is 9.14. The molecule has 84 valence electrons. The van der Waals surface area contributed by atoms with Crippen LogP contribution < -0.4 is 5.73 Å². The Morgan fingerprint density at radius 3 is 2.40 bits per heavy atom. The fourth-order valence-electron chi connectivity index (χ4n) is 1.20. The van der Waals surface area contributed by atoms with Crippen LogP contribution in [0.4, 0.5) is 13.2 Å². The Labute approximate surface area is 93.0 Å². The van der Waals surface area contributed by atoms with Gasteiger partial charge in [0.2, 0.25) is 0 Å². The zero-order chi connectivity index (χ0) is 11.6. The lowest BCUT2D eigenvalue weighted by Gasteiger charge is -2.19. The highest BCUT2D eigenvalue weighted by molar-refractivity contribution is 9.10. The van der Waals surface area contributed by atoms with Crippen LogP contribution in [0.5, 0.6) is 5.75 Å². The van der Waals surface area contributed by atoms with Crippen LogP contribution in [0.1, 0.15) is 11.5 Å². The molecule has 1 rings (SSSR count). The minimum absolute atomic E-state index is 0.0367. The molecule has 1 atom stereocenters. The van der Waals surface area contributed by atoms with Gasteiger partial charge in [-0.2, -0.15) is 13.2 Å². The molecule has 0 aliphatic heterocycles. The van der Waals surface area contributed by atoms with Crippen LogP contribution in [0.15, 0.2) is 22.7 Å². The van der Waals surface area contributed by atoms with Gasteiger partial charge in [0.15, 0.2) is 0 Å². The maximum absolute atomic E-state index is 12.5. The molecule has 0 fully saturated rings. The second kappa shape index (κ2) is 4.40. The minimum atomic E-state index is -4.37. The number of halogens is 4. The van der Waals surface area contributed by atoms with Crippen LogP contribution in [0.2, 0.25) is 0 Å². The predicted octanol–water partition coefficient (Wildman–Crippen LogP) is 2.76. The largest absolute Gasteiger partial charge is 0.507 e. The molecule has 0 aliphatic carbocycles. The molecule has 0 saturated heterocycles. The molecule has 0 radical (unpaired) electrons. The summed E-state index contributed by atoms with van der Waals surface area (Å²) >= 11 is 2.95. The third-order valence-electron chi connectivity index (χ3n) is 2.00. The summed E-state index contributed by atoms with van der Waals surface area (Å²) in [5.74, 6) is -1.80. The van der Waals surface area contributed by atoms with Gasteiger partial charge in [0.25, 0.3) is 0 Å². The molecular formula is C9H9BrF3NO. The van der Waals surface area contributed by atoms with Crippen molar-refractivity contribution < 1.29 is 18.3 Å². The van der Waals surface area contributed by atoms with E-state index in [1.165, 1.54) is 18.2 Å². The number of phenols is 1. The highest BCUT2D eigenvalue weighted by Gasteiger charge is 2.39. The van der Waals surface area contributed by atoms with Gasteiger partial charge in [0.05, 0.1) is 10.4 Å². The van der Waals surface area contributed by atoms with Crippen molar-refractivity contribution in [2.24, 2.45) is 5.73 Å². The van der Waals surface area contributed by atoms with Crippen LogP contribution in [0.25, 0.3) is 0 Å². The van der Waals surface area contributed by atoms with Crippen molar-refractivity contribution in [2.45, 2.75) is 12.1 Å². The lowest BCUT2D eigenvalue weighted by Crippen LogP contribution is -2.27. The van der Waals surface area contributed by atoms with Crippen molar-refractivity contribution in [1.82, 2.24) is 0 Å². The van der Waals surface area contributed by atoms with E-state index in [0.717, 1.165) is 0 Å². The Balaban J connectivity index is 3.08. The summed E-state index contributed by atoms with van der Waals surface area (Å²) in [7, 11) is 0. The van der Waals surface area contributed by atoms with E-state index in [1.807, 2.05) is 0 Å². The van der Waals surface area contributed by atoms with E-state index in [1.54, 1.807) is 0 Å². The van der Waals surface area contributed by atoms with Crippen molar-refractivity contribution in [3.05, 3.63) is 28.2 Å². The zero-order valence-electron chi connectivity index (χ0n) is 7.55. The Kier molecular flexibility index (Phi) is 3.62. The Morgan fingerprint density at radius 2 is 2.00 bits per heavy atom. The van der Waals surface area contributed by atoms with Crippen molar-refractivity contribution in [3.8, 4) is 5.75 Å². The Hall–Kier alpha value is -0.750. The standard InChI is InChI=1S/C9H9BrF3NO/c10-7-3-5(1-2-8(7)15)6(4-14)9(11,12)13/h1-3,6,15H,4,14H2. The topological polar surface area (TPSA) is 46.2 Å². The molecule has 1 unspecified atom stereocenters. The first-order valence-electron chi connectivity index (χ1n) is 4.11. The number of hydrogen-bond donors (Lipinski definition) is 2. The van der Waals surface area contributed by atoms with E-state index in [0.29, 0.717) is 0 Å². The van der Waals surface area contributed by atoms with Crippen molar-refractivity contribution in [2.75, 3.05) is 6.54 Å². The lowest BCUT2D eigenvalue weighted by atomic mass is 9.99. The maximum Gasteiger partial charge on any atom is 0.396 e.